The Labute approximate surface area is 122 Å². The summed E-state index contributed by atoms with van der Waals surface area (Å²) >= 11 is 0. The number of aromatic nitrogens is 2. The number of rotatable bonds is 8. The first-order valence-corrected chi connectivity index (χ1v) is 6.85. The number of anilines is 1. The molecular formula is C13H20N4O4. The van der Waals surface area contributed by atoms with E-state index in [0.717, 1.165) is 6.42 Å². The highest BCUT2D eigenvalue weighted by Gasteiger charge is 2.18. The van der Waals surface area contributed by atoms with E-state index in [0.29, 0.717) is 18.8 Å². The fourth-order valence-corrected chi connectivity index (χ4v) is 1.60. The highest BCUT2D eigenvalue weighted by atomic mass is 16.4. The standard InChI is InChI=1S/C13H20N4O4/c1-3-7-14-13(21)12-9(8-17(4-2)16-12)15-10(18)5-6-11(19)20/h8H,3-7H2,1-2H3,(H,14,21)(H,15,18)(H,19,20). The van der Waals surface area contributed by atoms with Crippen molar-refractivity contribution in [1.29, 1.82) is 0 Å². The summed E-state index contributed by atoms with van der Waals surface area (Å²) in [4.78, 5) is 34.1. The highest BCUT2D eigenvalue weighted by molar-refractivity contribution is 6.02. The van der Waals surface area contributed by atoms with Gasteiger partial charge in [-0.15, -0.1) is 0 Å². The summed E-state index contributed by atoms with van der Waals surface area (Å²) < 4.78 is 1.54. The third-order valence-electron chi connectivity index (χ3n) is 2.68. The van der Waals surface area contributed by atoms with Gasteiger partial charge >= 0.3 is 5.97 Å². The van der Waals surface area contributed by atoms with Gasteiger partial charge in [-0.2, -0.15) is 5.10 Å². The molecule has 116 valence electrons. The molecule has 0 aliphatic rings. The lowest BCUT2D eigenvalue weighted by atomic mass is 10.2. The fourth-order valence-electron chi connectivity index (χ4n) is 1.60. The molecular weight excluding hydrogens is 276 g/mol. The Morgan fingerprint density at radius 2 is 2.00 bits per heavy atom. The van der Waals surface area contributed by atoms with Gasteiger partial charge in [0.25, 0.3) is 5.91 Å². The molecule has 0 saturated heterocycles. The molecule has 0 spiro atoms. The fraction of sp³-hybridized carbons (Fsp3) is 0.538. The van der Waals surface area contributed by atoms with Crippen LogP contribution in [0.1, 0.15) is 43.6 Å². The molecule has 1 aromatic rings. The Balaban J connectivity index is 2.79. The first kappa shape index (κ1) is 16.7. The molecule has 21 heavy (non-hydrogen) atoms. The zero-order valence-corrected chi connectivity index (χ0v) is 12.2. The van der Waals surface area contributed by atoms with Gasteiger partial charge in [0.15, 0.2) is 5.69 Å². The van der Waals surface area contributed by atoms with Crippen LogP contribution >= 0.6 is 0 Å². The lowest BCUT2D eigenvalue weighted by Gasteiger charge is -2.05. The van der Waals surface area contributed by atoms with Crippen LogP contribution < -0.4 is 10.6 Å². The van der Waals surface area contributed by atoms with Crippen molar-refractivity contribution in [3.05, 3.63) is 11.9 Å². The van der Waals surface area contributed by atoms with Gasteiger partial charge in [-0.1, -0.05) is 6.92 Å². The second kappa shape index (κ2) is 8.03. The van der Waals surface area contributed by atoms with Gasteiger partial charge in [0.1, 0.15) is 0 Å². The summed E-state index contributed by atoms with van der Waals surface area (Å²) in [5, 5.41) is 17.9. The van der Waals surface area contributed by atoms with E-state index < -0.39 is 11.9 Å². The van der Waals surface area contributed by atoms with E-state index in [9.17, 15) is 14.4 Å². The summed E-state index contributed by atoms with van der Waals surface area (Å²) in [7, 11) is 0. The lowest BCUT2D eigenvalue weighted by molar-refractivity contribution is -0.138. The number of aliphatic carboxylic acids is 1. The maximum Gasteiger partial charge on any atom is 0.303 e. The van der Waals surface area contributed by atoms with Crippen LogP contribution in [0.2, 0.25) is 0 Å². The third kappa shape index (κ3) is 5.25. The molecule has 1 heterocycles. The molecule has 0 aromatic carbocycles. The Kier molecular flexibility index (Phi) is 6.38. The maximum absolute atomic E-state index is 12.0. The molecule has 0 atom stereocenters. The topological polar surface area (TPSA) is 113 Å². The average molecular weight is 296 g/mol. The molecule has 3 N–H and O–H groups in total. The van der Waals surface area contributed by atoms with E-state index in [1.54, 1.807) is 6.20 Å². The minimum absolute atomic E-state index is 0.133. The number of nitrogens with zero attached hydrogens (tertiary/aromatic N) is 2. The lowest BCUT2D eigenvalue weighted by Crippen LogP contribution is -2.26. The zero-order valence-electron chi connectivity index (χ0n) is 12.2. The molecule has 0 radical (unpaired) electrons. The number of aryl methyl sites for hydroxylation is 1. The van der Waals surface area contributed by atoms with Gasteiger partial charge in [-0.25, -0.2) is 0 Å². The van der Waals surface area contributed by atoms with Crippen LogP contribution in [-0.2, 0) is 16.1 Å². The molecule has 0 saturated carbocycles. The Morgan fingerprint density at radius 3 is 2.57 bits per heavy atom. The number of carboxylic acid groups (broad SMARTS) is 1. The second-order valence-corrected chi connectivity index (χ2v) is 4.44. The van der Waals surface area contributed by atoms with E-state index in [2.05, 4.69) is 15.7 Å². The van der Waals surface area contributed by atoms with E-state index in [-0.39, 0.29) is 24.4 Å². The Hall–Kier alpha value is -2.38. The first-order valence-electron chi connectivity index (χ1n) is 6.85. The van der Waals surface area contributed by atoms with Gasteiger partial charge in [-0.05, 0) is 13.3 Å². The number of hydrogen-bond acceptors (Lipinski definition) is 4. The quantitative estimate of drug-likeness (QED) is 0.658. The van der Waals surface area contributed by atoms with Crippen molar-refractivity contribution in [2.45, 2.75) is 39.7 Å². The van der Waals surface area contributed by atoms with Crippen LogP contribution in [0.4, 0.5) is 5.69 Å². The number of carbonyl (C=O) groups excluding carboxylic acids is 2. The summed E-state index contributed by atoms with van der Waals surface area (Å²) in [6.07, 6.45) is 1.94. The molecule has 8 heteroatoms. The third-order valence-corrected chi connectivity index (χ3v) is 2.68. The van der Waals surface area contributed by atoms with Crippen LogP contribution in [0.25, 0.3) is 0 Å². The SMILES string of the molecule is CCCNC(=O)c1nn(CC)cc1NC(=O)CCC(=O)O. The number of amides is 2. The number of hydrogen-bond donors (Lipinski definition) is 3. The van der Waals surface area contributed by atoms with Crippen LogP contribution in [-0.4, -0.2) is 39.2 Å². The van der Waals surface area contributed by atoms with E-state index >= 15 is 0 Å². The van der Waals surface area contributed by atoms with E-state index in [4.69, 9.17) is 5.11 Å². The molecule has 1 rings (SSSR count). The minimum Gasteiger partial charge on any atom is -0.481 e. The molecule has 8 nitrogen and oxygen atoms in total. The molecule has 1 aromatic heterocycles. The molecule has 0 fully saturated rings. The largest absolute Gasteiger partial charge is 0.481 e. The number of nitrogens with one attached hydrogen (secondary N) is 2. The summed E-state index contributed by atoms with van der Waals surface area (Å²) in [5.41, 5.74) is 0.426. The number of carbonyl (C=O) groups is 3. The zero-order chi connectivity index (χ0) is 15.8. The van der Waals surface area contributed by atoms with Crippen molar-refractivity contribution in [3.8, 4) is 0 Å². The summed E-state index contributed by atoms with van der Waals surface area (Å²) in [6.45, 7) is 4.86. The molecule has 0 bridgehead atoms. The molecule has 0 aliphatic carbocycles. The van der Waals surface area contributed by atoms with E-state index in [1.165, 1.54) is 4.68 Å². The predicted molar refractivity (Wildman–Crippen MR) is 76.0 cm³/mol. The Morgan fingerprint density at radius 1 is 1.29 bits per heavy atom. The predicted octanol–water partition coefficient (Wildman–Crippen LogP) is 0.846. The summed E-state index contributed by atoms with van der Waals surface area (Å²) in [5.74, 6) is -1.87. The van der Waals surface area contributed by atoms with E-state index in [1.807, 2.05) is 13.8 Å². The van der Waals surface area contributed by atoms with Crippen molar-refractivity contribution in [1.82, 2.24) is 15.1 Å². The van der Waals surface area contributed by atoms with Crippen molar-refractivity contribution in [2.24, 2.45) is 0 Å². The van der Waals surface area contributed by atoms with Gasteiger partial charge in [-0.3, -0.25) is 19.1 Å². The molecule has 2 amide bonds. The van der Waals surface area contributed by atoms with Crippen LogP contribution in [0.3, 0.4) is 0 Å². The van der Waals surface area contributed by atoms with Crippen LogP contribution in [0.5, 0.6) is 0 Å². The first-order chi connectivity index (χ1) is 9.97. The minimum atomic E-state index is -1.05. The highest BCUT2D eigenvalue weighted by Crippen LogP contribution is 2.14. The maximum atomic E-state index is 12.0. The van der Waals surface area contributed by atoms with Gasteiger partial charge in [0.05, 0.1) is 12.1 Å². The number of carboxylic acids is 1. The van der Waals surface area contributed by atoms with Crippen molar-refractivity contribution in [3.63, 3.8) is 0 Å². The van der Waals surface area contributed by atoms with Crippen molar-refractivity contribution in [2.75, 3.05) is 11.9 Å². The molecule has 0 aliphatic heterocycles. The molecule has 0 unspecified atom stereocenters. The van der Waals surface area contributed by atoms with Gasteiger partial charge in [0, 0.05) is 25.7 Å². The average Bonchev–Trinajstić information content (AvgIpc) is 2.85. The monoisotopic (exact) mass is 296 g/mol. The normalized spacial score (nSPS) is 10.2. The van der Waals surface area contributed by atoms with Gasteiger partial charge < -0.3 is 15.7 Å². The van der Waals surface area contributed by atoms with Gasteiger partial charge in [0.2, 0.25) is 5.91 Å². The second-order valence-electron chi connectivity index (χ2n) is 4.44. The smallest absolute Gasteiger partial charge is 0.303 e. The summed E-state index contributed by atoms with van der Waals surface area (Å²) in [6, 6.07) is 0. The van der Waals surface area contributed by atoms with Crippen LogP contribution in [0.15, 0.2) is 6.20 Å². The van der Waals surface area contributed by atoms with Crippen molar-refractivity contribution < 1.29 is 19.5 Å². The van der Waals surface area contributed by atoms with Crippen molar-refractivity contribution >= 4 is 23.5 Å². The van der Waals surface area contributed by atoms with Crippen LogP contribution in [0, 0.1) is 0 Å². The Bertz CT molecular complexity index is 524.